The van der Waals surface area contributed by atoms with Gasteiger partial charge in [-0.25, -0.2) is 4.79 Å². The zero-order chi connectivity index (χ0) is 20.1. The van der Waals surface area contributed by atoms with Gasteiger partial charge in [0.25, 0.3) is 0 Å². The van der Waals surface area contributed by atoms with Crippen LogP contribution in [0.1, 0.15) is 23.1 Å². The number of rotatable bonds is 8. The molecule has 0 aliphatic heterocycles. The molecule has 146 valence electrons. The molecule has 0 saturated carbocycles. The second-order valence-corrected chi connectivity index (χ2v) is 7.01. The van der Waals surface area contributed by atoms with E-state index in [1.807, 2.05) is 24.5 Å². The first-order chi connectivity index (χ1) is 13.5. The molecule has 9 heteroatoms. The van der Waals surface area contributed by atoms with Gasteiger partial charge in [0.1, 0.15) is 17.1 Å². The van der Waals surface area contributed by atoms with E-state index in [1.165, 1.54) is 24.2 Å². The van der Waals surface area contributed by atoms with E-state index in [9.17, 15) is 14.7 Å². The van der Waals surface area contributed by atoms with Crippen molar-refractivity contribution in [3.05, 3.63) is 64.3 Å². The number of carboxylic acids is 1. The molecule has 0 radical (unpaired) electrons. The first-order valence-corrected chi connectivity index (χ1v) is 9.71. The monoisotopic (exact) mass is 400 g/mol. The zero-order valence-electron chi connectivity index (χ0n) is 15.5. The smallest absolute Gasteiger partial charge is 0.341 e. The van der Waals surface area contributed by atoms with E-state index in [1.54, 1.807) is 28.8 Å². The first-order valence-electron chi connectivity index (χ1n) is 8.72. The second kappa shape index (κ2) is 8.75. The van der Waals surface area contributed by atoms with Crippen molar-refractivity contribution in [3.8, 4) is 11.5 Å². The van der Waals surface area contributed by atoms with Crippen molar-refractivity contribution in [1.29, 1.82) is 0 Å². The maximum Gasteiger partial charge on any atom is 0.341 e. The summed E-state index contributed by atoms with van der Waals surface area (Å²) in [5.41, 5.74) is -0.979. The summed E-state index contributed by atoms with van der Waals surface area (Å²) in [5, 5.41) is 18.4. The van der Waals surface area contributed by atoms with Crippen molar-refractivity contribution in [2.75, 3.05) is 5.75 Å². The number of thioether (sulfide) groups is 1. The van der Waals surface area contributed by atoms with Gasteiger partial charge in [-0.3, -0.25) is 4.79 Å². The van der Waals surface area contributed by atoms with E-state index in [-0.39, 0.29) is 11.3 Å². The Morgan fingerprint density at radius 2 is 1.96 bits per heavy atom. The number of aromatic carboxylic acids is 1. The Hall–Kier alpha value is -3.07. The predicted octanol–water partition coefficient (Wildman–Crippen LogP) is 3.05. The highest BCUT2D eigenvalue weighted by Crippen LogP contribution is 2.20. The molecule has 0 atom stereocenters. The summed E-state index contributed by atoms with van der Waals surface area (Å²) in [6.45, 7) is 5.17. The summed E-state index contributed by atoms with van der Waals surface area (Å²) < 4.78 is 9.27. The molecular weight excluding hydrogens is 380 g/mol. The summed E-state index contributed by atoms with van der Waals surface area (Å²) in [5.74, 6) is 0.634. The number of carboxylic acid groups (broad SMARTS) is 1. The van der Waals surface area contributed by atoms with Crippen LogP contribution in [-0.4, -0.2) is 36.2 Å². The van der Waals surface area contributed by atoms with E-state index in [0.29, 0.717) is 18.0 Å². The van der Waals surface area contributed by atoms with E-state index in [0.717, 1.165) is 17.5 Å². The van der Waals surface area contributed by atoms with Gasteiger partial charge in [0, 0.05) is 25.0 Å². The summed E-state index contributed by atoms with van der Waals surface area (Å²) in [4.78, 5) is 23.9. The molecule has 0 unspecified atom stereocenters. The standard InChI is InChI=1S/C19H20N4O4S/c1-3-23-13(2)20-21-19(23)28-10-9-22-11-15(18(25)26)17(24)16(12-22)27-14-7-5-4-6-8-14/h4-8,11-12H,3,9-10H2,1-2H3,(H,25,26). The number of ether oxygens (including phenoxy) is 1. The molecule has 0 amide bonds. The van der Waals surface area contributed by atoms with Crippen molar-refractivity contribution in [3.63, 3.8) is 0 Å². The molecule has 0 aliphatic carbocycles. The second-order valence-electron chi connectivity index (χ2n) is 5.95. The van der Waals surface area contributed by atoms with Crippen LogP contribution in [0, 0.1) is 6.92 Å². The van der Waals surface area contributed by atoms with Crippen molar-refractivity contribution < 1.29 is 14.6 Å². The predicted molar refractivity (Wildman–Crippen MR) is 105 cm³/mol. The van der Waals surface area contributed by atoms with Crippen LogP contribution in [0.5, 0.6) is 11.5 Å². The lowest BCUT2D eigenvalue weighted by atomic mass is 10.2. The molecule has 0 bridgehead atoms. The molecular formula is C19H20N4O4S. The quantitative estimate of drug-likeness (QED) is 0.580. The van der Waals surface area contributed by atoms with Crippen molar-refractivity contribution in [1.82, 2.24) is 19.3 Å². The van der Waals surface area contributed by atoms with Crippen molar-refractivity contribution in [2.45, 2.75) is 32.1 Å². The van der Waals surface area contributed by atoms with Crippen LogP contribution in [0.2, 0.25) is 0 Å². The van der Waals surface area contributed by atoms with Crippen LogP contribution in [0.3, 0.4) is 0 Å². The lowest BCUT2D eigenvalue weighted by Crippen LogP contribution is -2.19. The van der Waals surface area contributed by atoms with E-state index in [4.69, 9.17) is 4.74 Å². The van der Waals surface area contributed by atoms with Gasteiger partial charge >= 0.3 is 5.97 Å². The summed E-state index contributed by atoms with van der Waals surface area (Å²) in [7, 11) is 0. The normalized spacial score (nSPS) is 10.8. The molecule has 2 aromatic heterocycles. The number of hydrogen-bond donors (Lipinski definition) is 1. The van der Waals surface area contributed by atoms with Gasteiger partial charge in [0.15, 0.2) is 10.9 Å². The largest absolute Gasteiger partial charge is 0.477 e. The molecule has 0 aliphatic rings. The van der Waals surface area contributed by atoms with Gasteiger partial charge in [-0.05, 0) is 26.0 Å². The number of para-hydroxylation sites is 1. The van der Waals surface area contributed by atoms with Gasteiger partial charge in [-0.2, -0.15) is 0 Å². The lowest BCUT2D eigenvalue weighted by Gasteiger charge is -2.11. The first kappa shape index (κ1) is 19.7. The van der Waals surface area contributed by atoms with E-state index in [2.05, 4.69) is 10.2 Å². The van der Waals surface area contributed by atoms with E-state index >= 15 is 0 Å². The molecule has 1 N–H and O–H groups in total. The third-order valence-corrected chi connectivity index (χ3v) is 4.99. The van der Waals surface area contributed by atoms with Crippen LogP contribution in [0.25, 0.3) is 0 Å². The number of aryl methyl sites for hydroxylation is 2. The van der Waals surface area contributed by atoms with Gasteiger partial charge < -0.3 is 19.0 Å². The highest BCUT2D eigenvalue weighted by molar-refractivity contribution is 7.99. The number of benzene rings is 1. The van der Waals surface area contributed by atoms with Crippen LogP contribution < -0.4 is 10.2 Å². The number of carbonyl (C=O) groups is 1. The molecule has 8 nitrogen and oxygen atoms in total. The van der Waals surface area contributed by atoms with Crippen LogP contribution in [0.4, 0.5) is 0 Å². The Bertz CT molecular complexity index is 1030. The number of nitrogens with zero attached hydrogens (tertiary/aromatic N) is 4. The average molecular weight is 400 g/mol. The number of hydrogen-bond acceptors (Lipinski definition) is 6. The fourth-order valence-electron chi connectivity index (χ4n) is 2.65. The third kappa shape index (κ3) is 4.42. The molecule has 3 aromatic rings. The summed E-state index contributed by atoms with van der Waals surface area (Å²) >= 11 is 1.52. The summed E-state index contributed by atoms with van der Waals surface area (Å²) in [6.07, 6.45) is 2.86. The van der Waals surface area contributed by atoms with Crippen LogP contribution in [-0.2, 0) is 13.1 Å². The maximum atomic E-state index is 12.4. The molecule has 0 spiro atoms. The average Bonchev–Trinajstić information content (AvgIpc) is 3.04. The van der Waals surface area contributed by atoms with Crippen molar-refractivity contribution in [2.24, 2.45) is 0 Å². The Balaban J connectivity index is 1.80. The Kier molecular flexibility index (Phi) is 6.15. The Labute approximate surface area is 165 Å². The zero-order valence-corrected chi connectivity index (χ0v) is 16.3. The minimum Gasteiger partial charge on any atom is -0.477 e. The minimum absolute atomic E-state index is 0.0244. The number of pyridine rings is 1. The van der Waals surface area contributed by atoms with Crippen LogP contribution in [0.15, 0.2) is 52.7 Å². The molecule has 0 fully saturated rings. The fraction of sp³-hybridized carbons (Fsp3) is 0.263. The number of aromatic nitrogens is 4. The highest BCUT2D eigenvalue weighted by Gasteiger charge is 2.16. The third-order valence-electron chi connectivity index (χ3n) is 4.05. The van der Waals surface area contributed by atoms with Gasteiger partial charge in [-0.15, -0.1) is 10.2 Å². The molecule has 1 aromatic carbocycles. The SMILES string of the molecule is CCn1c(C)nnc1SCCn1cc(Oc2ccccc2)c(=O)c(C(=O)O)c1. The highest BCUT2D eigenvalue weighted by atomic mass is 32.2. The molecule has 0 saturated heterocycles. The fourth-order valence-corrected chi connectivity index (χ4v) is 3.65. The van der Waals surface area contributed by atoms with Gasteiger partial charge in [0.05, 0.1) is 6.20 Å². The summed E-state index contributed by atoms with van der Waals surface area (Å²) in [6, 6.07) is 8.78. The topological polar surface area (TPSA) is 99.2 Å². The van der Waals surface area contributed by atoms with Crippen molar-refractivity contribution >= 4 is 17.7 Å². The van der Waals surface area contributed by atoms with Gasteiger partial charge in [-0.1, -0.05) is 30.0 Å². The minimum atomic E-state index is -1.29. The van der Waals surface area contributed by atoms with E-state index < -0.39 is 11.4 Å². The Morgan fingerprint density at radius 1 is 1.21 bits per heavy atom. The molecule has 28 heavy (non-hydrogen) atoms. The van der Waals surface area contributed by atoms with Gasteiger partial charge in [0.2, 0.25) is 5.43 Å². The molecule has 2 heterocycles. The van der Waals surface area contributed by atoms with Crippen LogP contribution >= 0.6 is 11.8 Å². The lowest BCUT2D eigenvalue weighted by molar-refractivity contribution is 0.0694. The maximum absolute atomic E-state index is 12.4. The Morgan fingerprint density at radius 3 is 2.64 bits per heavy atom. The molecule has 3 rings (SSSR count).